The van der Waals surface area contributed by atoms with Crippen molar-refractivity contribution in [2.45, 2.75) is 12.5 Å². The van der Waals surface area contributed by atoms with Crippen molar-refractivity contribution in [3.05, 3.63) is 83.7 Å². The number of hydrogen-bond donors (Lipinski definition) is 2. The molecule has 6 nitrogen and oxygen atoms in total. The molecule has 6 heteroatoms. The number of aromatic nitrogens is 2. The Morgan fingerprint density at radius 3 is 2.82 bits per heavy atom. The fourth-order valence-electron chi connectivity index (χ4n) is 3.54. The van der Waals surface area contributed by atoms with Crippen LogP contribution in [0.25, 0.3) is 0 Å². The lowest BCUT2D eigenvalue weighted by atomic mass is 10.0. The molecule has 1 fully saturated rings. The molecular weight excluding hydrogens is 350 g/mol. The van der Waals surface area contributed by atoms with Gasteiger partial charge >= 0.3 is 0 Å². The molecule has 1 saturated heterocycles. The van der Waals surface area contributed by atoms with E-state index in [0.29, 0.717) is 17.3 Å². The first-order valence-electron chi connectivity index (χ1n) is 9.45. The third-order valence-corrected chi connectivity index (χ3v) is 4.95. The Bertz CT molecular complexity index is 966. The van der Waals surface area contributed by atoms with E-state index in [2.05, 4.69) is 44.5 Å². The van der Waals surface area contributed by atoms with E-state index in [1.165, 1.54) is 5.56 Å². The van der Waals surface area contributed by atoms with Crippen LogP contribution in [0, 0.1) is 0 Å². The summed E-state index contributed by atoms with van der Waals surface area (Å²) in [6.07, 6.45) is 2.53. The van der Waals surface area contributed by atoms with Crippen LogP contribution in [0.5, 0.6) is 0 Å². The lowest BCUT2D eigenvalue weighted by Crippen LogP contribution is -2.52. The molecule has 2 aromatic heterocycles. The molecule has 1 aliphatic rings. The summed E-state index contributed by atoms with van der Waals surface area (Å²) in [4.78, 5) is 23.6. The first-order chi connectivity index (χ1) is 13.7. The van der Waals surface area contributed by atoms with Crippen molar-refractivity contribution in [3.63, 3.8) is 0 Å². The van der Waals surface area contributed by atoms with Crippen molar-refractivity contribution >= 4 is 17.4 Å². The highest BCUT2D eigenvalue weighted by molar-refractivity contribution is 6.10. The molecule has 0 aliphatic carbocycles. The minimum atomic E-state index is -0.205. The zero-order valence-corrected chi connectivity index (χ0v) is 15.6. The van der Waals surface area contributed by atoms with Crippen LogP contribution < -0.4 is 16.0 Å². The molecule has 0 radical (unpaired) electrons. The number of carbonyl (C=O) groups is 1. The molecule has 0 saturated carbocycles. The van der Waals surface area contributed by atoms with E-state index >= 15 is 0 Å². The molecule has 0 amide bonds. The first kappa shape index (κ1) is 18.1. The van der Waals surface area contributed by atoms with Gasteiger partial charge in [0.1, 0.15) is 17.3 Å². The summed E-state index contributed by atoms with van der Waals surface area (Å²) in [6, 6.07) is 19.7. The quantitative estimate of drug-likeness (QED) is 0.667. The predicted octanol–water partition coefficient (Wildman–Crippen LogP) is 2.56. The SMILES string of the molecule is Nc1ncccc1C(=O)c1cccc(N2CCN[C@@H](Cc3ccccc3)C2)n1.[HH]. The van der Waals surface area contributed by atoms with Crippen molar-refractivity contribution in [2.24, 2.45) is 0 Å². The molecule has 1 aromatic carbocycles. The van der Waals surface area contributed by atoms with Crippen molar-refractivity contribution in [2.75, 3.05) is 30.3 Å². The number of nitrogens with two attached hydrogens (primary N) is 1. The molecule has 0 unspecified atom stereocenters. The molecule has 0 bridgehead atoms. The minimum Gasteiger partial charge on any atom is -0.383 e. The lowest BCUT2D eigenvalue weighted by molar-refractivity contribution is 0.103. The van der Waals surface area contributed by atoms with Crippen LogP contribution in [-0.2, 0) is 6.42 Å². The smallest absolute Gasteiger partial charge is 0.215 e. The number of rotatable bonds is 5. The molecule has 28 heavy (non-hydrogen) atoms. The van der Waals surface area contributed by atoms with Crippen LogP contribution in [0.3, 0.4) is 0 Å². The summed E-state index contributed by atoms with van der Waals surface area (Å²) in [7, 11) is 0. The highest BCUT2D eigenvalue weighted by Crippen LogP contribution is 2.18. The number of hydrogen-bond acceptors (Lipinski definition) is 6. The second kappa shape index (κ2) is 8.19. The summed E-state index contributed by atoms with van der Waals surface area (Å²) < 4.78 is 0. The van der Waals surface area contributed by atoms with E-state index in [-0.39, 0.29) is 13.0 Å². The van der Waals surface area contributed by atoms with Gasteiger partial charge in [0.05, 0.1) is 5.56 Å². The van der Waals surface area contributed by atoms with Gasteiger partial charge in [-0.25, -0.2) is 9.97 Å². The molecule has 3 aromatic rings. The zero-order chi connectivity index (χ0) is 19.3. The maximum absolute atomic E-state index is 12.8. The van der Waals surface area contributed by atoms with E-state index in [0.717, 1.165) is 31.9 Å². The maximum atomic E-state index is 12.8. The van der Waals surface area contributed by atoms with Crippen molar-refractivity contribution in [1.82, 2.24) is 15.3 Å². The number of ketones is 1. The van der Waals surface area contributed by atoms with Crippen LogP contribution in [0.4, 0.5) is 11.6 Å². The number of piperazine rings is 1. The highest BCUT2D eigenvalue weighted by Gasteiger charge is 2.22. The predicted molar refractivity (Wildman–Crippen MR) is 113 cm³/mol. The van der Waals surface area contributed by atoms with E-state index < -0.39 is 0 Å². The zero-order valence-electron chi connectivity index (χ0n) is 15.6. The van der Waals surface area contributed by atoms with Gasteiger partial charge in [-0.3, -0.25) is 4.79 Å². The number of nitrogen functional groups attached to an aromatic ring is 1. The van der Waals surface area contributed by atoms with E-state index in [1.807, 2.05) is 18.2 Å². The second-order valence-electron chi connectivity index (χ2n) is 6.93. The van der Waals surface area contributed by atoms with Gasteiger partial charge in [-0.15, -0.1) is 0 Å². The summed E-state index contributed by atoms with van der Waals surface area (Å²) in [5.41, 5.74) is 7.93. The summed E-state index contributed by atoms with van der Waals surface area (Å²) in [6.45, 7) is 2.58. The fraction of sp³-hybridized carbons (Fsp3) is 0.227. The second-order valence-corrected chi connectivity index (χ2v) is 6.93. The Labute approximate surface area is 165 Å². The van der Waals surface area contributed by atoms with Crippen LogP contribution in [0.15, 0.2) is 66.9 Å². The third kappa shape index (κ3) is 4.02. The third-order valence-electron chi connectivity index (χ3n) is 4.95. The van der Waals surface area contributed by atoms with Crippen LogP contribution in [0.2, 0.25) is 0 Å². The number of nitrogens with zero attached hydrogens (tertiary/aromatic N) is 3. The number of pyridine rings is 2. The molecule has 1 aliphatic heterocycles. The van der Waals surface area contributed by atoms with Crippen molar-refractivity contribution < 1.29 is 6.22 Å². The van der Waals surface area contributed by atoms with Gasteiger partial charge in [0.25, 0.3) is 0 Å². The molecule has 1 atom stereocenters. The minimum absolute atomic E-state index is 0. The van der Waals surface area contributed by atoms with Crippen LogP contribution in [0.1, 0.15) is 23.0 Å². The highest BCUT2D eigenvalue weighted by atomic mass is 16.1. The van der Waals surface area contributed by atoms with Crippen LogP contribution >= 0.6 is 0 Å². The molecule has 0 spiro atoms. The largest absolute Gasteiger partial charge is 0.383 e. The number of nitrogens with one attached hydrogen (secondary N) is 1. The van der Waals surface area contributed by atoms with Gasteiger partial charge in [-0.2, -0.15) is 0 Å². The Kier molecular flexibility index (Phi) is 5.30. The van der Waals surface area contributed by atoms with E-state index in [4.69, 9.17) is 5.73 Å². The Hall–Kier alpha value is -3.25. The number of anilines is 2. The molecule has 4 rings (SSSR count). The van der Waals surface area contributed by atoms with Gasteiger partial charge in [0.15, 0.2) is 0 Å². The summed E-state index contributed by atoms with van der Waals surface area (Å²) >= 11 is 0. The van der Waals surface area contributed by atoms with E-state index in [9.17, 15) is 4.79 Å². The van der Waals surface area contributed by atoms with Gasteiger partial charge in [-0.1, -0.05) is 36.4 Å². The van der Waals surface area contributed by atoms with Gasteiger partial charge < -0.3 is 16.0 Å². The monoisotopic (exact) mass is 375 g/mol. The first-order valence-corrected chi connectivity index (χ1v) is 9.45. The molecule has 144 valence electrons. The Morgan fingerprint density at radius 1 is 1.14 bits per heavy atom. The Morgan fingerprint density at radius 2 is 2.00 bits per heavy atom. The van der Waals surface area contributed by atoms with Crippen LogP contribution in [-0.4, -0.2) is 41.4 Å². The van der Waals surface area contributed by atoms with Gasteiger partial charge in [0.2, 0.25) is 5.78 Å². The molecular formula is C22H25N5O. The van der Waals surface area contributed by atoms with Crippen molar-refractivity contribution in [1.29, 1.82) is 0 Å². The molecule has 3 N–H and O–H groups in total. The van der Waals surface area contributed by atoms with Gasteiger partial charge in [0, 0.05) is 33.3 Å². The Balaban J connectivity index is 0.00000240. The average Bonchev–Trinajstić information content (AvgIpc) is 2.75. The fourth-order valence-corrected chi connectivity index (χ4v) is 3.54. The topological polar surface area (TPSA) is 84.1 Å². The van der Waals surface area contributed by atoms with E-state index in [1.54, 1.807) is 24.4 Å². The average molecular weight is 375 g/mol. The number of benzene rings is 1. The lowest BCUT2D eigenvalue weighted by Gasteiger charge is -2.34. The summed E-state index contributed by atoms with van der Waals surface area (Å²) in [5.74, 6) is 0.834. The maximum Gasteiger partial charge on any atom is 0.215 e. The molecule has 3 heterocycles. The van der Waals surface area contributed by atoms with Crippen molar-refractivity contribution in [3.8, 4) is 0 Å². The standard InChI is InChI=1S/C22H23N5O.H2/c23-22-18(8-5-11-25-22)21(28)19-9-4-10-20(26-19)27-13-12-24-17(15-27)14-16-6-2-1-3-7-16;/h1-11,17,24H,12-15H2,(H2,23,25);1H/t17-;/m0./s1. The normalized spacial score (nSPS) is 16.7. The number of carbonyl (C=O) groups excluding carboxylic acids is 1. The summed E-state index contributed by atoms with van der Waals surface area (Å²) in [5, 5.41) is 3.58. The van der Waals surface area contributed by atoms with Gasteiger partial charge in [-0.05, 0) is 36.2 Å².